The lowest BCUT2D eigenvalue weighted by atomic mass is 9.93. The number of rotatable bonds is 2. The summed E-state index contributed by atoms with van der Waals surface area (Å²) in [7, 11) is 0. The summed E-state index contributed by atoms with van der Waals surface area (Å²) in [6, 6.07) is 5.50. The molecule has 0 aliphatic heterocycles. The van der Waals surface area contributed by atoms with Crippen molar-refractivity contribution in [3.8, 4) is 17.6 Å². The fourth-order valence-corrected chi connectivity index (χ4v) is 3.55. The number of ketones is 1. The van der Waals surface area contributed by atoms with E-state index in [1.165, 1.54) is 0 Å². The number of nitriles is 1. The molecule has 0 saturated carbocycles. The molecule has 28 heavy (non-hydrogen) atoms. The van der Waals surface area contributed by atoms with Crippen LogP contribution in [0.15, 0.2) is 30.3 Å². The van der Waals surface area contributed by atoms with E-state index in [0.717, 1.165) is 24.3 Å². The fraction of sp³-hybridized carbons (Fsp3) is 0.222. The second kappa shape index (κ2) is 5.26. The standard InChI is InChI=1S/C18H7F6NO3/c19-8-3-7(6-25)4-9(5-8)28-11-2-1-10-13-12(11)14(26)15(20)16(13,27)18(23,24)17(10,21)22/h1-5,15,27H/t15?,16-/m0/s1. The third-order valence-corrected chi connectivity index (χ3v) is 4.83. The SMILES string of the molecule is N#Cc1cc(F)cc(Oc2ccc3c4c2C(=O)C(F)[C@]4(O)C(F)(F)C3(F)F)c1. The van der Waals surface area contributed by atoms with Crippen molar-refractivity contribution in [1.29, 1.82) is 5.26 Å². The van der Waals surface area contributed by atoms with Crippen LogP contribution in [0.25, 0.3) is 0 Å². The van der Waals surface area contributed by atoms with Gasteiger partial charge in [0.05, 0.1) is 17.2 Å². The van der Waals surface area contributed by atoms with Crippen LogP contribution in [0.1, 0.15) is 27.0 Å². The van der Waals surface area contributed by atoms with Gasteiger partial charge in [-0.2, -0.15) is 22.8 Å². The smallest absolute Gasteiger partial charge is 0.350 e. The van der Waals surface area contributed by atoms with E-state index < -0.39 is 57.7 Å². The van der Waals surface area contributed by atoms with E-state index in [1.54, 1.807) is 6.07 Å². The Bertz CT molecular complexity index is 1090. The van der Waals surface area contributed by atoms with Gasteiger partial charge in [-0.15, -0.1) is 0 Å². The Hall–Kier alpha value is -3.06. The van der Waals surface area contributed by atoms with Crippen LogP contribution in [0.5, 0.6) is 11.5 Å². The van der Waals surface area contributed by atoms with Gasteiger partial charge in [0.15, 0.2) is 0 Å². The summed E-state index contributed by atoms with van der Waals surface area (Å²) in [5, 5.41) is 19.0. The summed E-state index contributed by atoms with van der Waals surface area (Å²) in [5.74, 6) is -13.8. The predicted octanol–water partition coefficient (Wildman–Crippen LogP) is 3.95. The highest BCUT2D eigenvalue weighted by Crippen LogP contribution is 2.66. The maximum absolute atomic E-state index is 14.4. The average molecular weight is 399 g/mol. The number of halogens is 6. The molecular weight excluding hydrogens is 392 g/mol. The number of benzene rings is 2. The number of hydrogen-bond donors (Lipinski definition) is 1. The number of ether oxygens (including phenoxy) is 1. The number of aliphatic hydroxyl groups is 1. The second-order valence-corrected chi connectivity index (χ2v) is 6.39. The molecule has 0 saturated heterocycles. The van der Waals surface area contributed by atoms with E-state index >= 15 is 0 Å². The zero-order valence-corrected chi connectivity index (χ0v) is 13.4. The molecule has 0 bridgehead atoms. The van der Waals surface area contributed by atoms with Crippen molar-refractivity contribution in [2.24, 2.45) is 0 Å². The topological polar surface area (TPSA) is 70.3 Å². The highest BCUT2D eigenvalue weighted by atomic mass is 19.3. The normalized spacial score (nSPS) is 26.1. The van der Waals surface area contributed by atoms with Crippen LogP contribution in [-0.4, -0.2) is 23.0 Å². The summed E-state index contributed by atoms with van der Waals surface area (Å²) in [6.07, 6.45) is -3.35. The molecule has 2 aromatic carbocycles. The molecule has 2 aromatic rings. The first-order valence-corrected chi connectivity index (χ1v) is 7.69. The molecule has 2 aliphatic carbocycles. The summed E-state index contributed by atoms with van der Waals surface area (Å²) >= 11 is 0. The molecule has 0 heterocycles. The monoisotopic (exact) mass is 399 g/mol. The first kappa shape index (κ1) is 18.3. The lowest BCUT2D eigenvalue weighted by molar-refractivity contribution is -0.294. The molecule has 0 radical (unpaired) electrons. The molecule has 4 nitrogen and oxygen atoms in total. The lowest BCUT2D eigenvalue weighted by Crippen LogP contribution is -2.53. The Morgan fingerprint density at radius 2 is 1.82 bits per heavy atom. The zero-order chi connectivity index (χ0) is 20.6. The summed E-state index contributed by atoms with van der Waals surface area (Å²) in [6.45, 7) is 0. The van der Waals surface area contributed by atoms with Crippen LogP contribution in [0, 0.1) is 17.1 Å². The molecule has 4 rings (SSSR count). The van der Waals surface area contributed by atoms with Gasteiger partial charge >= 0.3 is 11.8 Å². The van der Waals surface area contributed by atoms with Gasteiger partial charge in [-0.1, -0.05) is 0 Å². The van der Waals surface area contributed by atoms with Crippen molar-refractivity contribution < 1.29 is 41.0 Å². The summed E-state index contributed by atoms with van der Waals surface area (Å²) in [5.41, 5.74) is -7.87. The maximum Gasteiger partial charge on any atom is 0.350 e. The molecule has 2 aliphatic rings. The van der Waals surface area contributed by atoms with E-state index in [4.69, 9.17) is 10.00 Å². The van der Waals surface area contributed by atoms with Gasteiger partial charge in [-0.25, -0.2) is 8.78 Å². The number of nitrogens with zero attached hydrogens (tertiary/aromatic N) is 1. The molecule has 1 N–H and O–H groups in total. The fourth-order valence-electron chi connectivity index (χ4n) is 3.55. The predicted molar refractivity (Wildman–Crippen MR) is 79.6 cm³/mol. The Kier molecular flexibility index (Phi) is 3.44. The molecule has 1 unspecified atom stereocenters. The van der Waals surface area contributed by atoms with E-state index in [-0.39, 0.29) is 11.3 Å². The highest BCUT2D eigenvalue weighted by Gasteiger charge is 2.82. The van der Waals surface area contributed by atoms with Crippen molar-refractivity contribution in [1.82, 2.24) is 0 Å². The van der Waals surface area contributed by atoms with Crippen LogP contribution in [-0.2, 0) is 11.5 Å². The lowest BCUT2D eigenvalue weighted by Gasteiger charge is -2.31. The van der Waals surface area contributed by atoms with Crippen molar-refractivity contribution in [3.63, 3.8) is 0 Å². The number of Topliss-reactive ketones (excluding diaryl/α,β-unsaturated/α-hetero) is 1. The van der Waals surface area contributed by atoms with Gasteiger partial charge in [-0.3, -0.25) is 4.79 Å². The van der Waals surface area contributed by atoms with E-state index in [9.17, 15) is 36.2 Å². The zero-order valence-electron chi connectivity index (χ0n) is 13.4. The van der Waals surface area contributed by atoms with E-state index in [1.807, 2.05) is 0 Å². The number of hydrogen-bond acceptors (Lipinski definition) is 4. The third kappa shape index (κ3) is 1.91. The van der Waals surface area contributed by atoms with Crippen molar-refractivity contribution in [3.05, 3.63) is 58.4 Å². The molecule has 0 amide bonds. The Balaban J connectivity index is 1.93. The summed E-state index contributed by atoms with van der Waals surface area (Å²) < 4.78 is 89.8. The van der Waals surface area contributed by atoms with Gasteiger partial charge in [0.2, 0.25) is 17.6 Å². The van der Waals surface area contributed by atoms with Crippen LogP contribution < -0.4 is 4.74 Å². The molecule has 0 aromatic heterocycles. The quantitative estimate of drug-likeness (QED) is 0.777. The van der Waals surface area contributed by atoms with E-state index in [2.05, 4.69) is 0 Å². The molecule has 144 valence electrons. The third-order valence-electron chi connectivity index (χ3n) is 4.83. The molecule has 0 spiro atoms. The molecule has 0 fully saturated rings. The van der Waals surface area contributed by atoms with Crippen molar-refractivity contribution in [2.75, 3.05) is 0 Å². The Morgan fingerprint density at radius 3 is 2.46 bits per heavy atom. The average Bonchev–Trinajstić information content (AvgIpc) is 2.90. The van der Waals surface area contributed by atoms with Crippen molar-refractivity contribution >= 4 is 5.78 Å². The largest absolute Gasteiger partial charge is 0.456 e. The van der Waals surface area contributed by atoms with Crippen LogP contribution in [0.4, 0.5) is 26.3 Å². The highest BCUT2D eigenvalue weighted by molar-refractivity contribution is 6.09. The van der Waals surface area contributed by atoms with Gasteiger partial charge in [0.1, 0.15) is 17.3 Å². The van der Waals surface area contributed by atoms with Crippen LogP contribution in [0.3, 0.4) is 0 Å². The number of alkyl halides is 5. The maximum atomic E-state index is 14.4. The van der Waals surface area contributed by atoms with Crippen LogP contribution in [0.2, 0.25) is 0 Å². The first-order valence-electron chi connectivity index (χ1n) is 7.69. The van der Waals surface area contributed by atoms with E-state index in [0.29, 0.717) is 6.07 Å². The van der Waals surface area contributed by atoms with Crippen molar-refractivity contribution in [2.45, 2.75) is 23.6 Å². The second-order valence-electron chi connectivity index (χ2n) is 6.39. The number of carbonyl (C=O) groups excluding carboxylic acids is 1. The minimum absolute atomic E-state index is 0.183. The minimum Gasteiger partial charge on any atom is -0.456 e. The molecule has 10 heteroatoms. The molecule has 2 atom stereocenters. The van der Waals surface area contributed by atoms with Gasteiger partial charge < -0.3 is 9.84 Å². The van der Waals surface area contributed by atoms with Gasteiger partial charge in [0.25, 0.3) is 0 Å². The first-order chi connectivity index (χ1) is 13.0. The van der Waals surface area contributed by atoms with Gasteiger partial charge in [-0.05, 0) is 24.3 Å². The van der Waals surface area contributed by atoms with Crippen LogP contribution >= 0.6 is 0 Å². The number of carbonyl (C=O) groups is 1. The summed E-state index contributed by atoms with van der Waals surface area (Å²) in [4.78, 5) is 12.2. The van der Waals surface area contributed by atoms with Gasteiger partial charge in [0, 0.05) is 17.2 Å². The Morgan fingerprint density at radius 1 is 1.14 bits per heavy atom. The Labute approximate surface area is 152 Å². The minimum atomic E-state index is -5.28. The molecular formula is C18H7F6NO3.